The van der Waals surface area contributed by atoms with Gasteiger partial charge in [-0.15, -0.1) is 0 Å². The Balaban J connectivity index is 1.76. The van der Waals surface area contributed by atoms with Gasteiger partial charge in [-0.1, -0.05) is 11.3 Å². The highest BCUT2D eigenvalue weighted by Crippen LogP contribution is 2.37. The van der Waals surface area contributed by atoms with Crippen LogP contribution < -0.4 is 5.32 Å². The van der Waals surface area contributed by atoms with E-state index in [1.54, 1.807) is 6.92 Å². The zero-order chi connectivity index (χ0) is 22.3. The molecule has 0 bridgehead atoms. The number of halogens is 5. The molecular formula is C17H9BrClF3N8S. The van der Waals surface area contributed by atoms with Gasteiger partial charge in [-0.25, -0.2) is 19.9 Å². The largest absolute Gasteiger partial charge is 0.416 e. The third-order valence-electron chi connectivity index (χ3n) is 4.15. The summed E-state index contributed by atoms with van der Waals surface area (Å²) in [5.74, 6) is 0.508. The number of fused-ring (bicyclic) bond motifs is 1. The van der Waals surface area contributed by atoms with Crippen molar-refractivity contribution in [2.45, 2.75) is 19.1 Å². The van der Waals surface area contributed by atoms with E-state index in [-0.39, 0.29) is 26.5 Å². The van der Waals surface area contributed by atoms with Crippen molar-refractivity contribution in [3.05, 3.63) is 50.7 Å². The number of nitrogens with zero attached hydrogens (tertiary/aromatic N) is 7. The summed E-state index contributed by atoms with van der Waals surface area (Å²) in [6.45, 7) is 1.73. The number of aromatic nitrogens is 6. The van der Waals surface area contributed by atoms with Crippen LogP contribution in [0.1, 0.15) is 29.2 Å². The molecule has 0 radical (unpaired) electrons. The number of nitriles is 1. The summed E-state index contributed by atoms with van der Waals surface area (Å²) in [6.07, 6.45) is -1.83. The molecule has 1 aromatic carbocycles. The van der Waals surface area contributed by atoms with E-state index >= 15 is 0 Å². The zero-order valence-corrected chi connectivity index (χ0v) is 18.5. The van der Waals surface area contributed by atoms with E-state index in [0.717, 1.165) is 23.5 Å². The first-order valence-corrected chi connectivity index (χ1v) is 10.4. The molecule has 4 rings (SSSR count). The van der Waals surface area contributed by atoms with Crippen molar-refractivity contribution in [2.24, 2.45) is 0 Å². The maximum Gasteiger partial charge on any atom is 0.416 e. The lowest BCUT2D eigenvalue weighted by atomic mass is 10.1. The fourth-order valence-corrected chi connectivity index (χ4v) is 4.21. The van der Waals surface area contributed by atoms with E-state index < -0.39 is 17.8 Å². The molecule has 3 heterocycles. The molecule has 0 aliphatic heterocycles. The topological polar surface area (TPSA) is 105 Å². The van der Waals surface area contributed by atoms with E-state index in [9.17, 15) is 13.2 Å². The first-order valence-electron chi connectivity index (χ1n) is 8.44. The van der Waals surface area contributed by atoms with Crippen molar-refractivity contribution in [3.63, 3.8) is 0 Å². The molecular weight excluding hydrogens is 521 g/mol. The Bertz CT molecular complexity index is 1330. The van der Waals surface area contributed by atoms with Crippen molar-refractivity contribution in [3.8, 4) is 11.2 Å². The SMILES string of the molecule is C[C@H](Nc1nc(Cl)nc2c(Br)cc(C(F)(F)F)cc12)c1ncnn1-c1ncc(C#N)s1. The molecule has 8 nitrogen and oxygen atoms in total. The minimum Gasteiger partial charge on any atom is -0.360 e. The average Bonchev–Trinajstić information content (AvgIpc) is 3.36. The molecule has 31 heavy (non-hydrogen) atoms. The molecule has 3 aromatic heterocycles. The van der Waals surface area contributed by atoms with Crippen LogP contribution in [0.4, 0.5) is 19.0 Å². The minimum atomic E-state index is -4.55. The molecule has 0 spiro atoms. The predicted octanol–water partition coefficient (Wildman–Crippen LogP) is 5.15. The number of benzene rings is 1. The van der Waals surface area contributed by atoms with Crippen molar-refractivity contribution >= 4 is 55.6 Å². The van der Waals surface area contributed by atoms with Crippen LogP contribution in [-0.2, 0) is 6.18 Å². The molecule has 14 heteroatoms. The Kier molecular flexibility index (Phi) is 5.54. The summed E-state index contributed by atoms with van der Waals surface area (Å²) in [6, 6.07) is 3.33. The molecule has 158 valence electrons. The van der Waals surface area contributed by atoms with Crippen LogP contribution in [0.2, 0.25) is 5.28 Å². The standard InChI is InChI=1S/C17H9BrClF3N8S/c1-7(14-25-6-26-30(14)16-24-5-9(4-23)31-16)27-13-10-2-8(17(20,21)22)3-11(18)12(10)28-15(19)29-13/h2-3,5-7H,1H3,(H,27,28,29)/t7-/m0/s1. The second-order valence-corrected chi connectivity index (χ2v) is 8.41. The highest BCUT2D eigenvalue weighted by Gasteiger charge is 2.32. The highest BCUT2D eigenvalue weighted by molar-refractivity contribution is 9.10. The zero-order valence-electron chi connectivity index (χ0n) is 15.3. The number of thiazole rings is 1. The van der Waals surface area contributed by atoms with E-state index in [1.807, 2.05) is 6.07 Å². The third kappa shape index (κ3) is 4.18. The van der Waals surface area contributed by atoms with Gasteiger partial charge in [0.15, 0.2) is 5.82 Å². The molecule has 0 aliphatic carbocycles. The maximum absolute atomic E-state index is 13.3. The van der Waals surface area contributed by atoms with Gasteiger partial charge < -0.3 is 5.32 Å². The molecule has 0 saturated heterocycles. The number of alkyl halides is 3. The van der Waals surface area contributed by atoms with Gasteiger partial charge in [-0.3, -0.25) is 0 Å². The van der Waals surface area contributed by atoms with E-state index in [0.29, 0.717) is 15.8 Å². The summed E-state index contributed by atoms with van der Waals surface area (Å²) >= 11 is 10.3. The van der Waals surface area contributed by atoms with Crippen LogP contribution in [0.25, 0.3) is 16.0 Å². The van der Waals surface area contributed by atoms with Gasteiger partial charge in [-0.05, 0) is 46.6 Å². The first-order chi connectivity index (χ1) is 14.7. The van der Waals surface area contributed by atoms with Gasteiger partial charge >= 0.3 is 6.18 Å². The lowest BCUT2D eigenvalue weighted by Gasteiger charge is -2.17. The van der Waals surface area contributed by atoms with E-state index in [2.05, 4.69) is 46.3 Å². The third-order valence-corrected chi connectivity index (χ3v) is 5.80. The van der Waals surface area contributed by atoms with Gasteiger partial charge in [0, 0.05) is 9.86 Å². The second kappa shape index (κ2) is 8.03. The van der Waals surface area contributed by atoms with Crippen molar-refractivity contribution < 1.29 is 13.2 Å². The monoisotopic (exact) mass is 528 g/mol. The van der Waals surface area contributed by atoms with Crippen LogP contribution in [-0.4, -0.2) is 29.7 Å². The van der Waals surface area contributed by atoms with Crippen LogP contribution in [0.3, 0.4) is 0 Å². The maximum atomic E-state index is 13.3. The summed E-state index contributed by atoms with van der Waals surface area (Å²) in [5, 5.41) is 16.6. The lowest BCUT2D eigenvalue weighted by molar-refractivity contribution is -0.137. The fourth-order valence-electron chi connectivity index (χ4n) is 2.81. The van der Waals surface area contributed by atoms with Crippen molar-refractivity contribution in [2.75, 3.05) is 5.32 Å². The smallest absolute Gasteiger partial charge is 0.360 e. The lowest BCUT2D eigenvalue weighted by Crippen LogP contribution is -2.15. The Morgan fingerprint density at radius 3 is 2.74 bits per heavy atom. The number of rotatable bonds is 4. The van der Waals surface area contributed by atoms with Crippen LogP contribution >= 0.6 is 38.9 Å². The quantitative estimate of drug-likeness (QED) is 0.365. The van der Waals surface area contributed by atoms with Gasteiger partial charge in [0.25, 0.3) is 0 Å². The molecule has 1 atom stereocenters. The molecule has 4 aromatic rings. The molecule has 0 saturated carbocycles. The van der Waals surface area contributed by atoms with Gasteiger partial charge in [0.05, 0.1) is 23.3 Å². The molecule has 0 aliphatic rings. The molecule has 0 fully saturated rings. The summed E-state index contributed by atoms with van der Waals surface area (Å²) in [4.78, 5) is 16.9. The summed E-state index contributed by atoms with van der Waals surface area (Å²) < 4.78 is 41.5. The van der Waals surface area contributed by atoms with Crippen LogP contribution in [0.15, 0.2) is 29.1 Å². The van der Waals surface area contributed by atoms with Crippen LogP contribution in [0.5, 0.6) is 0 Å². The summed E-state index contributed by atoms with van der Waals surface area (Å²) in [5.41, 5.74) is -0.633. The second-order valence-electron chi connectivity index (χ2n) is 6.21. The van der Waals surface area contributed by atoms with Gasteiger partial charge in [0.2, 0.25) is 10.4 Å². The van der Waals surface area contributed by atoms with E-state index in [1.165, 1.54) is 17.2 Å². The van der Waals surface area contributed by atoms with Gasteiger partial charge in [-0.2, -0.15) is 28.2 Å². The molecule has 1 N–H and O–H groups in total. The fraction of sp³-hybridized carbons (Fsp3) is 0.176. The Labute approximate surface area is 189 Å². The normalized spacial score (nSPS) is 12.7. The van der Waals surface area contributed by atoms with Crippen molar-refractivity contribution in [1.29, 1.82) is 5.26 Å². The van der Waals surface area contributed by atoms with Crippen LogP contribution in [0, 0.1) is 11.3 Å². The highest BCUT2D eigenvalue weighted by atomic mass is 79.9. The number of nitrogens with one attached hydrogen (secondary N) is 1. The Morgan fingerprint density at radius 1 is 1.29 bits per heavy atom. The number of anilines is 1. The Hall–Kier alpha value is -2.82. The minimum absolute atomic E-state index is 0.0979. The predicted molar refractivity (Wildman–Crippen MR) is 111 cm³/mol. The first kappa shape index (κ1) is 21.4. The number of hydrogen-bond donors (Lipinski definition) is 1. The number of hydrogen-bond acceptors (Lipinski definition) is 8. The summed E-state index contributed by atoms with van der Waals surface area (Å²) in [7, 11) is 0. The molecule has 0 amide bonds. The van der Waals surface area contributed by atoms with Crippen molar-refractivity contribution in [1.82, 2.24) is 29.7 Å². The Morgan fingerprint density at radius 2 is 2.06 bits per heavy atom. The average molecular weight is 530 g/mol. The molecule has 0 unspecified atom stereocenters. The van der Waals surface area contributed by atoms with E-state index in [4.69, 9.17) is 16.9 Å². The van der Waals surface area contributed by atoms with Gasteiger partial charge in [0.1, 0.15) is 23.1 Å².